The van der Waals surface area contributed by atoms with E-state index in [-0.39, 0.29) is 23.8 Å². The lowest BCUT2D eigenvalue weighted by molar-refractivity contribution is -0.142. The summed E-state index contributed by atoms with van der Waals surface area (Å²) >= 11 is 7.77. The Hall–Kier alpha value is -2.44. The number of nitrogens with zero attached hydrogens (tertiary/aromatic N) is 2. The first-order chi connectivity index (χ1) is 13.5. The maximum absolute atomic E-state index is 12.6. The van der Waals surface area contributed by atoms with Gasteiger partial charge in [0.1, 0.15) is 0 Å². The summed E-state index contributed by atoms with van der Waals surface area (Å²) in [6, 6.07) is 13.4. The van der Waals surface area contributed by atoms with Crippen molar-refractivity contribution in [3.8, 4) is 0 Å². The number of likely N-dealkylation sites (N-methyl/N-ethyl adjacent to an activating group) is 1. The minimum atomic E-state index is -0.241. The first-order valence-electron chi connectivity index (χ1n) is 8.97. The highest BCUT2D eigenvalue weighted by Crippen LogP contribution is 2.50. The van der Waals surface area contributed by atoms with Gasteiger partial charge < -0.3 is 14.5 Å². The molecule has 0 radical (unpaired) electrons. The second-order valence-electron chi connectivity index (χ2n) is 6.59. The molecular weight excluding hydrogens is 396 g/mol. The van der Waals surface area contributed by atoms with Crippen LogP contribution in [0.4, 0.5) is 5.69 Å². The number of hydrogen-bond donors (Lipinski definition) is 0. The van der Waals surface area contributed by atoms with E-state index in [2.05, 4.69) is 4.90 Å². The van der Waals surface area contributed by atoms with Crippen molar-refractivity contribution >= 4 is 46.6 Å². The Morgan fingerprint density at radius 3 is 2.82 bits per heavy atom. The molecule has 4 rings (SSSR count). The third kappa shape index (κ3) is 3.38. The Morgan fingerprint density at radius 2 is 2.07 bits per heavy atom. The number of rotatable bonds is 4. The van der Waals surface area contributed by atoms with Crippen LogP contribution in [-0.4, -0.2) is 35.9 Å². The lowest BCUT2D eigenvalue weighted by Gasteiger charge is -2.38. The van der Waals surface area contributed by atoms with Crippen molar-refractivity contribution in [1.29, 1.82) is 0 Å². The highest BCUT2D eigenvalue weighted by molar-refractivity contribution is 8.00. The van der Waals surface area contributed by atoms with Gasteiger partial charge in [0.15, 0.2) is 5.50 Å². The van der Waals surface area contributed by atoms with E-state index in [9.17, 15) is 9.59 Å². The van der Waals surface area contributed by atoms with Gasteiger partial charge >= 0.3 is 5.97 Å². The van der Waals surface area contributed by atoms with E-state index in [1.165, 1.54) is 0 Å². The van der Waals surface area contributed by atoms with Crippen LogP contribution in [0.15, 0.2) is 53.4 Å². The minimum Gasteiger partial charge on any atom is -0.466 e. The van der Waals surface area contributed by atoms with Gasteiger partial charge in [-0.05, 0) is 42.3 Å². The number of esters is 1. The summed E-state index contributed by atoms with van der Waals surface area (Å²) in [6.07, 6.45) is 1.88. The van der Waals surface area contributed by atoms with Gasteiger partial charge in [-0.15, -0.1) is 0 Å². The van der Waals surface area contributed by atoms with Crippen molar-refractivity contribution in [3.05, 3.63) is 64.7 Å². The molecule has 0 spiro atoms. The van der Waals surface area contributed by atoms with Gasteiger partial charge in [0, 0.05) is 23.0 Å². The molecule has 2 aromatic rings. The predicted molar refractivity (Wildman–Crippen MR) is 111 cm³/mol. The third-order valence-electron chi connectivity index (χ3n) is 4.71. The topological polar surface area (TPSA) is 49.9 Å². The van der Waals surface area contributed by atoms with Crippen molar-refractivity contribution in [3.63, 3.8) is 0 Å². The van der Waals surface area contributed by atoms with Crippen LogP contribution in [-0.2, 0) is 20.7 Å². The van der Waals surface area contributed by atoms with E-state index >= 15 is 0 Å². The zero-order valence-electron chi connectivity index (χ0n) is 15.5. The molecule has 0 bridgehead atoms. The number of carbonyl (C=O) groups is 2. The van der Waals surface area contributed by atoms with E-state index in [0.29, 0.717) is 11.6 Å². The van der Waals surface area contributed by atoms with Gasteiger partial charge in [-0.1, -0.05) is 41.6 Å². The quantitative estimate of drug-likeness (QED) is 0.703. The van der Waals surface area contributed by atoms with E-state index in [4.69, 9.17) is 16.3 Å². The summed E-state index contributed by atoms with van der Waals surface area (Å²) < 4.78 is 5.05. The largest absolute Gasteiger partial charge is 0.466 e. The Morgan fingerprint density at radius 1 is 1.25 bits per heavy atom. The molecule has 0 aliphatic carbocycles. The van der Waals surface area contributed by atoms with Crippen LogP contribution in [0, 0.1) is 0 Å². The van der Waals surface area contributed by atoms with Crippen LogP contribution in [0.25, 0.3) is 5.70 Å². The fourth-order valence-corrected chi connectivity index (χ4v) is 4.91. The molecule has 2 aliphatic heterocycles. The van der Waals surface area contributed by atoms with E-state index in [1.54, 1.807) is 36.7 Å². The van der Waals surface area contributed by atoms with Gasteiger partial charge in [0.25, 0.3) is 5.91 Å². The highest BCUT2D eigenvalue weighted by Gasteiger charge is 2.40. The lowest BCUT2D eigenvalue weighted by atomic mass is 10.1. The standard InChI is InChI=1S/C21H19ClN2O3S/c1-3-27-20(26)10-13-7-8-16-18(9-13)28-21-23(2)19(25)12-17(24(16)21)14-5-4-6-15(22)11-14/h4-9,11-12,21H,3,10H2,1-2H3. The molecule has 0 saturated heterocycles. The summed E-state index contributed by atoms with van der Waals surface area (Å²) in [6.45, 7) is 2.17. The van der Waals surface area contributed by atoms with Crippen molar-refractivity contribution < 1.29 is 14.3 Å². The fourth-order valence-electron chi connectivity index (χ4n) is 3.39. The van der Waals surface area contributed by atoms with E-state index in [1.807, 2.05) is 42.5 Å². The molecule has 144 valence electrons. The molecule has 28 heavy (non-hydrogen) atoms. The number of thioether (sulfide) groups is 1. The smallest absolute Gasteiger partial charge is 0.310 e. The van der Waals surface area contributed by atoms with E-state index < -0.39 is 0 Å². The Bertz CT molecular complexity index is 991. The number of amides is 1. The third-order valence-corrected chi connectivity index (χ3v) is 6.26. The summed E-state index contributed by atoms with van der Waals surface area (Å²) in [5, 5.41) is 0.623. The molecule has 7 heteroatoms. The van der Waals surface area contributed by atoms with Crippen molar-refractivity contribution in [2.45, 2.75) is 23.7 Å². The second-order valence-corrected chi connectivity index (χ2v) is 8.12. The lowest BCUT2D eigenvalue weighted by Crippen LogP contribution is -2.47. The van der Waals surface area contributed by atoms with Crippen LogP contribution in [0.1, 0.15) is 18.1 Å². The molecule has 2 heterocycles. The number of halogens is 1. The first kappa shape index (κ1) is 18.9. The molecule has 2 aliphatic rings. The number of anilines is 1. The van der Waals surface area contributed by atoms with Crippen LogP contribution < -0.4 is 4.90 Å². The Kier molecular flexibility index (Phi) is 5.08. The van der Waals surface area contributed by atoms with Crippen LogP contribution in [0.5, 0.6) is 0 Å². The minimum absolute atomic E-state index is 0.0525. The summed E-state index contributed by atoms with van der Waals surface area (Å²) in [5.41, 5.74) is 3.43. The monoisotopic (exact) mass is 414 g/mol. The number of benzene rings is 2. The highest BCUT2D eigenvalue weighted by atomic mass is 35.5. The molecule has 0 N–H and O–H groups in total. The maximum Gasteiger partial charge on any atom is 0.310 e. The SMILES string of the molecule is CCOC(=O)Cc1ccc2c(c1)SC1N(C)C(=O)C=C(c3cccc(Cl)c3)N21. The number of ether oxygens (including phenoxy) is 1. The number of fused-ring (bicyclic) bond motifs is 3. The summed E-state index contributed by atoms with van der Waals surface area (Å²) in [7, 11) is 1.80. The maximum atomic E-state index is 12.6. The van der Waals surface area contributed by atoms with Crippen molar-refractivity contribution in [2.24, 2.45) is 0 Å². The number of hydrogen-bond acceptors (Lipinski definition) is 5. The van der Waals surface area contributed by atoms with Crippen LogP contribution in [0.3, 0.4) is 0 Å². The fraction of sp³-hybridized carbons (Fsp3) is 0.238. The van der Waals surface area contributed by atoms with Gasteiger partial charge in [0.05, 0.1) is 24.4 Å². The number of carbonyl (C=O) groups excluding carboxylic acids is 2. The molecule has 5 nitrogen and oxygen atoms in total. The predicted octanol–water partition coefficient (Wildman–Crippen LogP) is 4.15. The molecular formula is C21H19ClN2O3S. The van der Waals surface area contributed by atoms with Gasteiger partial charge in [-0.3, -0.25) is 9.59 Å². The van der Waals surface area contributed by atoms with Gasteiger partial charge in [0.2, 0.25) is 0 Å². The molecule has 1 unspecified atom stereocenters. The normalized spacial score (nSPS) is 17.9. The summed E-state index contributed by atoms with van der Waals surface area (Å²) in [5.74, 6) is -0.293. The van der Waals surface area contributed by atoms with Crippen LogP contribution >= 0.6 is 23.4 Å². The molecule has 0 saturated carbocycles. The van der Waals surface area contributed by atoms with Gasteiger partial charge in [-0.25, -0.2) is 0 Å². The average Bonchev–Trinajstić information content (AvgIpc) is 3.04. The Labute approximate surface area is 172 Å². The van der Waals surface area contributed by atoms with Gasteiger partial charge in [-0.2, -0.15) is 0 Å². The van der Waals surface area contributed by atoms with E-state index in [0.717, 1.165) is 27.4 Å². The molecule has 1 amide bonds. The molecule has 1 atom stereocenters. The zero-order chi connectivity index (χ0) is 19.8. The van der Waals surface area contributed by atoms with Crippen molar-refractivity contribution in [2.75, 3.05) is 18.6 Å². The summed E-state index contributed by atoms with van der Waals surface area (Å²) in [4.78, 5) is 29.3. The molecule has 2 aromatic carbocycles. The average molecular weight is 415 g/mol. The second kappa shape index (κ2) is 7.53. The Balaban J connectivity index is 1.72. The molecule has 0 aromatic heterocycles. The molecule has 0 fully saturated rings. The van der Waals surface area contributed by atoms with Crippen molar-refractivity contribution in [1.82, 2.24) is 4.90 Å². The first-order valence-corrected chi connectivity index (χ1v) is 10.2. The van der Waals surface area contributed by atoms with Crippen LogP contribution in [0.2, 0.25) is 5.02 Å². The zero-order valence-corrected chi connectivity index (χ0v) is 17.1.